The van der Waals surface area contributed by atoms with E-state index < -0.39 is 0 Å². The van der Waals surface area contributed by atoms with Gasteiger partial charge in [0.15, 0.2) is 0 Å². The van der Waals surface area contributed by atoms with Crippen molar-refractivity contribution in [2.45, 2.75) is 6.92 Å². The lowest BCUT2D eigenvalue weighted by molar-refractivity contribution is -0.139. The molecule has 1 N–H and O–H groups in total. The second-order valence-corrected chi connectivity index (χ2v) is 6.34. The maximum Gasteiger partial charge on any atom is 0.238 e. The summed E-state index contributed by atoms with van der Waals surface area (Å²) in [5.74, 6) is 0.528. The third-order valence-electron chi connectivity index (χ3n) is 4.27. The smallest absolute Gasteiger partial charge is 0.238 e. The van der Waals surface area contributed by atoms with Gasteiger partial charge in [0.2, 0.25) is 17.7 Å². The molecule has 2 rings (SSSR count). The minimum absolute atomic E-state index is 0.0319. The number of carbonyl (C=O) groups is 3. The van der Waals surface area contributed by atoms with E-state index >= 15 is 0 Å². The van der Waals surface area contributed by atoms with Crippen LogP contribution in [0.1, 0.15) is 6.92 Å². The van der Waals surface area contributed by atoms with E-state index in [0.717, 1.165) is 5.75 Å². The molecule has 1 aliphatic rings. The highest BCUT2D eigenvalue weighted by Gasteiger charge is 2.23. The highest BCUT2D eigenvalue weighted by Crippen LogP contribution is 2.14. The van der Waals surface area contributed by atoms with Crippen molar-refractivity contribution in [3.05, 3.63) is 24.3 Å². The van der Waals surface area contributed by atoms with Crippen LogP contribution in [0.25, 0.3) is 0 Å². The van der Waals surface area contributed by atoms with Crippen molar-refractivity contribution in [2.24, 2.45) is 0 Å². The molecule has 0 saturated carbocycles. The Balaban J connectivity index is 1.74. The van der Waals surface area contributed by atoms with Crippen molar-refractivity contribution < 1.29 is 19.1 Å². The molecule has 0 aliphatic carbocycles. The first kappa shape index (κ1) is 19.7. The van der Waals surface area contributed by atoms with Crippen LogP contribution >= 0.6 is 0 Å². The Kier molecular flexibility index (Phi) is 6.97. The van der Waals surface area contributed by atoms with Crippen LogP contribution in [0, 0.1) is 0 Å². The van der Waals surface area contributed by atoms with Crippen LogP contribution < -0.4 is 10.1 Å². The Hall–Kier alpha value is -2.61. The first-order valence-electron chi connectivity index (χ1n) is 8.55. The lowest BCUT2D eigenvalue weighted by Gasteiger charge is -2.35. The van der Waals surface area contributed by atoms with Crippen molar-refractivity contribution in [3.8, 4) is 5.75 Å². The molecule has 26 heavy (non-hydrogen) atoms. The summed E-state index contributed by atoms with van der Waals surface area (Å²) >= 11 is 0. The van der Waals surface area contributed by atoms with Gasteiger partial charge in [0.05, 0.1) is 20.2 Å². The molecule has 0 aromatic heterocycles. The number of nitrogens with zero attached hydrogens (tertiary/aromatic N) is 3. The van der Waals surface area contributed by atoms with E-state index in [0.29, 0.717) is 31.9 Å². The fraction of sp³-hybridized carbons (Fsp3) is 0.500. The van der Waals surface area contributed by atoms with Crippen molar-refractivity contribution in [1.82, 2.24) is 14.7 Å². The van der Waals surface area contributed by atoms with E-state index in [1.165, 1.54) is 6.92 Å². The number of ether oxygens (including phenoxy) is 1. The molecule has 0 bridgehead atoms. The number of amides is 3. The standard InChI is InChI=1S/C18H26N4O4/c1-14(23)21-8-10-22(11-9-21)18(25)13-20(2)12-17(24)19-15-4-6-16(26-3)7-5-15/h4-7H,8-13H2,1-3H3,(H,19,24). The predicted molar refractivity (Wildman–Crippen MR) is 98.0 cm³/mol. The fourth-order valence-electron chi connectivity index (χ4n) is 2.78. The summed E-state index contributed by atoms with van der Waals surface area (Å²) < 4.78 is 5.08. The minimum Gasteiger partial charge on any atom is -0.497 e. The quantitative estimate of drug-likeness (QED) is 0.785. The number of benzene rings is 1. The molecule has 1 heterocycles. The Morgan fingerprint density at radius 1 is 1.04 bits per heavy atom. The topological polar surface area (TPSA) is 82.2 Å². The van der Waals surface area contributed by atoms with Gasteiger partial charge in [-0.15, -0.1) is 0 Å². The van der Waals surface area contributed by atoms with Crippen LogP contribution in [0.15, 0.2) is 24.3 Å². The van der Waals surface area contributed by atoms with Gasteiger partial charge in [-0.2, -0.15) is 0 Å². The van der Waals surface area contributed by atoms with E-state index in [-0.39, 0.29) is 30.8 Å². The Bertz CT molecular complexity index is 639. The van der Waals surface area contributed by atoms with E-state index in [2.05, 4.69) is 5.32 Å². The zero-order valence-electron chi connectivity index (χ0n) is 15.5. The molecule has 1 aliphatic heterocycles. The van der Waals surface area contributed by atoms with Gasteiger partial charge in [-0.1, -0.05) is 0 Å². The Morgan fingerprint density at radius 2 is 1.62 bits per heavy atom. The molecule has 0 spiro atoms. The molecule has 3 amide bonds. The van der Waals surface area contributed by atoms with Gasteiger partial charge in [-0.25, -0.2) is 0 Å². The molecule has 8 heteroatoms. The summed E-state index contributed by atoms with van der Waals surface area (Å²) in [7, 11) is 3.32. The summed E-state index contributed by atoms with van der Waals surface area (Å²) in [5, 5.41) is 2.79. The molecule has 8 nitrogen and oxygen atoms in total. The van der Waals surface area contributed by atoms with Crippen LogP contribution in [-0.4, -0.2) is 85.8 Å². The largest absolute Gasteiger partial charge is 0.497 e. The molecule has 1 aromatic rings. The number of likely N-dealkylation sites (N-methyl/N-ethyl adjacent to an activating group) is 1. The summed E-state index contributed by atoms with van der Waals surface area (Å²) in [6.45, 7) is 3.99. The maximum absolute atomic E-state index is 12.3. The van der Waals surface area contributed by atoms with Crippen LogP contribution in [0.2, 0.25) is 0 Å². The summed E-state index contributed by atoms with van der Waals surface area (Å²) in [4.78, 5) is 40.9. The van der Waals surface area contributed by atoms with Crippen molar-refractivity contribution in [2.75, 3.05) is 58.7 Å². The lowest BCUT2D eigenvalue weighted by Crippen LogP contribution is -2.52. The van der Waals surface area contributed by atoms with Gasteiger partial charge < -0.3 is 19.9 Å². The number of hydrogen-bond acceptors (Lipinski definition) is 5. The van der Waals surface area contributed by atoms with Crippen LogP contribution in [0.3, 0.4) is 0 Å². The first-order valence-corrected chi connectivity index (χ1v) is 8.55. The second-order valence-electron chi connectivity index (χ2n) is 6.34. The van der Waals surface area contributed by atoms with Crippen molar-refractivity contribution >= 4 is 23.4 Å². The highest BCUT2D eigenvalue weighted by atomic mass is 16.5. The van der Waals surface area contributed by atoms with Crippen molar-refractivity contribution in [1.29, 1.82) is 0 Å². The number of nitrogens with one attached hydrogen (secondary N) is 1. The SMILES string of the molecule is COc1ccc(NC(=O)CN(C)CC(=O)N2CCN(C(C)=O)CC2)cc1. The molecule has 142 valence electrons. The minimum atomic E-state index is -0.188. The van der Waals surface area contributed by atoms with E-state index in [1.54, 1.807) is 53.1 Å². The number of anilines is 1. The number of piperazine rings is 1. The second kappa shape index (κ2) is 9.19. The van der Waals surface area contributed by atoms with Gasteiger partial charge in [-0.05, 0) is 31.3 Å². The van der Waals surface area contributed by atoms with E-state index in [9.17, 15) is 14.4 Å². The van der Waals surface area contributed by atoms with Crippen LogP contribution in [0.5, 0.6) is 5.75 Å². The highest BCUT2D eigenvalue weighted by molar-refractivity contribution is 5.92. The normalized spacial score (nSPS) is 14.3. The number of carbonyl (C=O) groups excluding carboxylic acids is 3. The lowest BCUT2D eigenvalue weighted by atomic mass is 10.3. The van der Waals surface area contributed by atoms with Gasteiger partial charge in [-0.3, -0.25) is 19.3 Å². The third-order valence-corrected chi connectivity index (χ3v) is 4.27. The van der Waals surface area contributed by atoms with Crippen LogP contribution in [0.4, 0.5) is 5.69 Å². The molecule has 1 aromatic carbocycles. The Morgan fingerprint density at radius 3 is 2.15 bits per heavy atom. The number of hydrogen-bond donors (Lipinski definition) is 1. The molecule has 0 unspecified atom stereocenters. The van der Waals surface area contributed by atoms with Crippen LogP contribution in [-0.2, 0) is 14.4 Å². The van der Waals surface area contributed by atoms with Gasteiger partial charge in [0.1, 0.15) is 5.75 Å². The van der Waals surface area contributed by atoms with Gasteiger partial charge in [0.25, 0.3) is 0 Å². The maximum atomic E-state index is 12.3. The van der Waals surface area contributed by atoms with E-state index in [4.69, 9.17) is 4.74 Å². The summed E-state index contributed by atoms with van der Waals surface area (Å²) in [6, 6.07) is 7.06. The number of rotatable bonds is 6. The van der Waals surface area contributed by atoms with Gasteiger partial charge in [0, 0.05) is 38.8 Å². The molecule has 1 saturated heterocycles. The average molecular weight is 362 g/mol. The summed E-state index contributed by atoms with van der Waals surface area (Å²) in [6.07, 6.45) is 0. The molecular formula is C18H26N4O4. The van der Waals surface area contributed by atoms with E-state index in [1.807, 2.05) is 0 Å². The summed E-state index contributed by atoms with van der Waals surface area (Å²) in [5.41, 5.74) is 0.677. The average Bonchev–Trinajstić information content (AvgIpc) is 2.62. The third kappa shape index (κ3) is 5.73. The predicted octanol–water partition coefficient (Wildman–Crippen LogP) is 0.256. The molecule has 0 atom stereocenters. The number of methoxy groups -OCH3 is 1. The molecular weight excluding hydrogens is 336 g/mol. The molecule has 0 radical (unpaired) electrons. The zero-order valence-corrected chi connectivity index (χ0v) is 15.5. The Labute approximate surface area is 153 Å². The first-order chi connectivity index (χ1) is 12.4. The van der Waals surface area contributed by atoms with Crippen molar-refractivity contribution in [3.63, 3.8) is 0 Å². The zero-order chi connectivity index (χ0) is 19.1. The monoisotopic (exact) mass is 362 g/mol. The fourth-order valence-corrected chi connectivity index (χ4v) is 2.78. The van der Waals surface area contributed by atoms with Gasteiger partial charge >= 0.3 is 0 Å². The molecule has 1 fully saturated rings.